The first-order valence-corrected chi connectivity index (χ1v) is 13.0. The molecule has 0 unspecified atom stereocenters. The number of thiazole rings is 1. The second-order valence-corrected chi connectivity index (χ2v) is 10.5. The van der Waals surface area contributed by atoms with E-state index >= 15 is 0 Å². The Kier molecular flexibility index (Phi) is 6.55. The van der Waals surface area contributed by atoms with Crippen molar-refractivity contribution in [3.8, 4) is 16.6 Å². The van der Waals surface area contributed by atoms with E-state index in [2.05, 4.69) is 35.1 Å². The molecule has 1 saturated carbocycles. The molecule has 1 N–H and O–H groups in total. The number of morpholine rings is 1. The van der Waals surface area contributed by atoms with E-state index in [9.17, 15) is 0 Å². The highest BCUT2D eigenvalue weighted by atomic mass is 32.1. The zero-order valence-corrected chi connectivity index (χ0v) is 20.4. The fourth-order valence-electron chi connectivity index (χ4n) is 4.94. The van der Waals surface area contributed by atoms with Crippen molar-refractivity contribution >= 4 is 22.3 Å². The SMILES string of the molecule is c1cc(-c2cnc(Nc3cnc(CN4CCOCC4)cn3)s2)nc(OC2CC3(CCOCC3)C2)n1. The van der Waals surface area contributed by atoms with E-state index in [4.69, 9.17) is 14.2 Å². The van der Waals surface area contributed by atoms with Gasteiger partial charge in [-0.2, -0.15) is 4.98 Å². The Balaban J connectivity index is 1.04. The fraction of sp³-hybridized carbons (Fsp3) is 0.542. The van der Waals surface area contributed by atoms with Gasteiger partial charge in [0.2, 0.25) is 0 Å². The quantitative estimate of drug-likeness (QED) is 0.524. The van der Waals surface area contributed by atoms with E-state index in [1.54, 1.807) is 18.6 Å². The minimum atomic E-state index is 0.187. The average molecular weight is 496 g/mol. The summed E-state index contributed by atoms with van der Waals surface area (Å²) < 4.78 is 17.0. The second kappa shape index (κ2) is 10.1. The summed E-state index contributed by atoms with van der Waals surface area (Å²) in [6.45, 7) is 5.92. The third-order valence-corrected chi connectivity index (χ3v) is 7.90. The van der Waals surface area contributed by atoms with Crippen LogP contribution >= 0.6 is 11.3 Å². The lowest BCUT2D eigenvalue weighted by Gasteiger charge is -2.49. The topological polar surface area (TPSA) is 107 Å². The van der Waals surface area contributed by atoms with Crippen LogP contribution < -0.4 is 10.1 Å². The first kappa shape index (κ1) is 22.7. The highest BCUT2D eigenvalue weighted by Crippen LogP contribution is 2.49. The number of hydrogen-bond donors (Lipinski definition) is 1. The average Bonchev–Trinajstić information content (AvgIpc) is 3.34. The van der Waals surface area contributed by atoms with Crippen LogP contribution in [0.15, 0.2) is 30.9 Å². The Morgan fingerprint density at radius 2 is 1.83 bits per heavy atom. The summed E-state index contributed by atoms with van der Waals surface area (Å²) in [5.74, 6) is 0.662. The van der Waals surface area contributed by atoms with Crippen LogP contribution in [-0.2, 0) is 16.0 Å². The van der Waals surface area contributed by atoms with E-state index < -0.39 is 0 Å². The number of anilines is 2. The van der Waals surface area contributed by atoms with Gasteiger partial charge >= 0.3 is 6.01 Å². The molecular weight excluding hydrogens is 466 g/mol. The molecule has 0 radical (unpaired) electrons. The molecule has 0 atom stereocenters. The van der Waals surface area contributed by atoms with Gasteiger partial charge in [0.25, 0.3) is 0 Å². The molecule has 2 aliphatic heterocycles. The van der Waals surface area contributed by atoms with Crippen LogP contribution in [0.25, 0.3) is 10.6 Å². The molecule has 1 spiro atoms. The van der Waals surface area contributed by atoms with Gasteiger partial charge in [-0.1, -0.05) is 11.3 Å². The summed E-state index contributed by atoms with van der Waals surface area (Å²) in [6, 6.07) is 2.31. The molecule has 3 aromatic rings. The zero-order valence-electron chi connectivity index (χ0n) is 19.6. The summed E-state index contributed by atoms with van der Waals surface area (Å²) >= 11 is 1.51. The third kappa shape index (κ3) is 5.43. The molecule has 10 nitrogen and oxygen atoms in total. The van der Waals surface area contributed by atoms with E-state index in [1.165, 1.54) is 11.3 Å². The molecule has 184 valence electrons. The van der Waals surface area contributed by atoms with Crippen LogP contribution in [-0.4, -0.2) is 75.4 Å². The minimum Gasteiger partial charge on any atom is -0.460 e. The van der Waals surface area contributed by atoms with Crippen LogP contribution in [0.2, 0.25) is 0 Å². The second-order valence-electron chi connectivity index (χ2n) is 9.42. The molecule has 0 aromatic carbocycles. The molecule has 5 heterocycles. The van der Waals surface area contributed by atoms with Crippen molar-refractivity contribution in [1.29, 1.82) is 0 Å². The molecule has 11 heteroatoms. The Labute approximate surface area is 208 Å². The molecule has 3 fully saturated rings. The molecule has 3 aliphatic rings. The number of rotatable bonds is 7. The molecule has 0 amide bonds. The fourth-order valence-corrected chi connectivity index (χ4v) is 5.73. The maximum Gasteiger partial charge on any atom is 0.317 e. The van der Waals surface area contributed by atoms with Crippen LogP contribution in [0.4, 0.5) is 10.9 Å². The largest absolute Gasteiger partial charge is 0.460 e. The van der Waals surface area contributed by atoms with E-state index in [-0.39, 0.29) is 6.10 Å². The van der Waals surface area contributed by atoms with Crippen LogP contribution in [0, 0.1) is 5.41 Å². The van der Waals surface area contributed by atoms with Gasteiger partial charge in [0, 0.05) is 45.2 Å². The molecule has 1 aliphatic carbocycles. The van der Waals surface area contributed by atoms with E-state index in [1.807, 2.05) is 12.3 Å². The minimum absolute atomic E-state index is 0.187. The number of hydrogen-bond acceptors (Lipinski definition) is 11. The summed E-state index contributed by atoms with van der Waals surface area (Å²) in [7, 11) is 0. The summed E-state index contributed by atoms with van der Waals surface area (Å²) in [5, 5.41) is 3.97. The highest BCUT2D eigenvalue weighted by molar-refractivity contribution is 7.18. The van der Waals surface area contributed by atoms with Gasteiger partial charge in [0.05, 0.1) is 41.9 Å². The monoisotopic (exact) mass is 495 g/mol. The summed E-state index contributed by atoms with van der Waals surface area (Å²) in [5.41, 5.74) is 2.15. The van der Waals surface area contributed by atoms with Crippen molar-refractivity contribution < 1.29 is 14.2 Å². The highest BCUT2D eigenvalue weighted by Gasteiger charge is 2.46. The number of ether oxygens (including phenoxy) is 3. The lowest BCUT2D eigenvalue weighted by Crippen LogP contribution is -2.47. The van der Waals surface area contributed by atoms with Gasteiger partial charge in [-0.15, -0.1) is 0 Å². The smallest absolute Gasteiger partial charge is 0.317 e. The number of nitrogens with one attached hydrogen (secondary N) is 1. The Morgan fingerprint density at radius 1 is 1.00 bits per heavy atom. The van der Waals surface area contributed by atoms with Crippen LogP contribution in [0.1, 0.15) is 31.4 Å². The van der Waals surface area contributed by atoms with Gasteiger partial charge in [0.15, 0.2) is 10.9 Å². The van der Waals surface area contributed by atoms with Crippen molar-refractivity contribution in [3.63, 3.8) is 0 Å². The van der Waals surface area contributed by atoms with E-state index in [0.29, 0.717) is 17.2 Å². The van der Waals surface area contributed by atoms with Crippen molar-refractivity contribution in [2.75, 3.05) is 44.8 Å². The van der Waals surface area contributed by atoms with Crippen molar-refractivity contribution in [3.05, 3.63) is 36.5 Å². The van der Waals surface area contributed by atoms with Gasteiger partial charge in [-0.3, -0.25) is 9.88 Å². The number of nitrogens with zero attached hydrogens (tertiary/aromatic N) is 6. The Hall–Kier alpha value is -2.73. The summed E-state index contributed by atoms with van der Waals surface area (Å²) in [4.78, 5) is 25.7. The predicted molar refractivity (Wildman–Crippen MR) is 131 cm³/mol. The third-order valence-electron chi connectivity index (χ3n) is 6.97. The van der Waals surface area contributed by atoms with Crippen LogP contribution in [0.3, 0.4) is 0 Å². The standard InChI is InChI=1S/C24H29N7O3S/c1-4-25-22(34-18-11-24(12-18)2-7-32-8-3-24)29-19(1)20-14-28-23(35-20)30-21-15-26-17(13-27-21)16-31-5-9-33-10-6-31/h1,4,13-15,18H,2-3,5-12,16H2,(H,27,28,30). The number of aromatic nitrogens is 5. The summed E-state index contributed by atoms with van der Waals surface area (Å²) in [6.07, 6.45) is 11.7. The first-order valence-electron chi connectivity index (χ1n) is 12.1. The molecule has 2 saturated heterocycles. The van der Waals surface area contributed by atoms with Gasteiger partial charge in [-0.25, -0.2) is 15.0 Å². The Morgan fingerprint density at radius 3 is 2.63 bits per heavy atom. The van der Waals surface area contributed by atoms with Gasteiger partial charge < -0.3 is 19.5 Å². The normalized spacial score (nSPS) is 20.5. The molecule has 0 bridgehead atoms. The lowest BCUT2D eigenvalue weighted by atomic mass is 9.62. The molecule has 6 rings (SSSR count). The molecule has 35 heavy (non-hydrogen) atoms. The van der Waals surface area contributed by atoms with Crippen molar-refractivity contribution in [1.82, 2.24) is 29.8 Å². The maximum absolute atomic E-state index is 6.08. The van der Waals surface area contributed by atoms with Gasteiger partial charge in [-0.05, 0) is 37.2 Å². The van der Waals surface area contributed by atoms with Crippen molar-refractivity contribution in [2.45, 2.75) is 38.3 Å². The van der Waals surface area contributed by atoms with Gasteiger partial charge in [0.1, 0.15) is 6.10 Å². The zero-order chi connectivity index (χ0) is 23.5. The predicted octanol–water partition coefficient (Wildman–Crippen LogP) is 3.30. The van der Waals surface area contributed by atoms with Crippen molar-refractivity contribution in [2.24, 2.45) is 5.41 Å². The van der Waals surface area contributed by atoms with Crippen LogP contribution in [0.5, 0.6) is 6.01 Å². The molecule has 3 aromatic heterocycles. The Bertz CT molecular complexity index is 1120. The maximum atomic E-state index is 6.08. The lowest BCUT2D eigenvalue weighted by molar-refractivity contribution is -0.0880. The van der Waals surface area contributed by atoms with E-state index in [0.717, 1.165) is 93.1 Å². The first-order chi connectivity index (χ1) is 17.2. The molecular formula is C24H29N7O3S.